The van der Waals surface area contributed by atoms with Crippen molar-refractivity contribution in [2.24, 2.45) is 0 Å². The van der Waals surface area contributed by atoms with Gasteiger partial charge in [0.25, 0.3) is 0 Å². The number of nitrogens with zero attached hydrogens (tertiary/aromatic N) is 6. The van der Waals surface area contributed by atoms with Gasteiger partial charge in [-0.1, -0.05) is 8.98 Å². The maximum Gasteiger partial charge on any atom is 0.359 e. The molecule has 0 bridgehead atoms. The molecule has 1 saturated heterocycles. The molecule has 1 fully saturated rings. The van der Waals surface area contributed by atoms with Gasteiger partial charge in [0.15, 0.2) is 10.0 Å². The molecule has 4 amide bonds. The van der Waals surface area contributed by atoms with Gasteiger partial charge in [-0.3, -0.25) is 10.6 Å². The van der Waals surface area contributed by atoms with Gasteiger partial charge in [0.05, 0.1) is 0 Å². The molecule has 0 spiro atoms. The number of carboxylic acids is 2. The number of carbonyl (C=O) groups is 4. The van der Waals surface area contributed by atoms with Crippen LogP contribution < -0.4 is 10.6 Å². The highest BCUT2D eigenvalue weighted by molar-refractivity contribution is 7.10. The minimum atomic E-state index is -1.30. The molecular formula is C12H12N8O6S2. The minimum absolute atomic E-state index is 0.0246. The summed E-state index contributed by atoms with van der Waals surface area (Å²) in [4.78, 5) is 49.3. The Morgan fingerprint density at radius 3 is 1.43 bits per heavy atom. The fourth-order valence-corrected chi connectivity index (χ4v) is 3.39. The van der Waals surface area contributed by atoms with Crippen molar-refractivity contribution in [2.45, 2.75) is 0 Å². The molecule has 2 aromatic rings. The monoisotopic (exact) mass is 428 g/mol. The van der Waals surface area contributed by atoms with Gasteiger partial charge in [-0.2, -0.15) is 0 Å². The number of carbonyl (C=O) groups excluding carboxylic acids is 2. The first-order chi connectivity index (χ1) is 13.4. The van der Waals surface area contributed by atoms with Crippen LogP contribution in [0.25, 0.3) is 0 Å². The lowest BCUT2D eigenvalue weighted by Gasteiger charge is -2.34. The maximum atomic E-state index is 12.3. The molecule has 0 unspecified atom stereocenters. The van der Waals surface area contributed by atoms with Crippen LogP contribution in [0.5, 0.6) is 0 Å². The fourth-order valence-electron chi connectivity index (χ4n) is 2.29. The van der Waals surface area contributed by atoms with Gasteiger partial charge in [-0.05, 0) is 0 Å². The van der Waals surface area contributed by atoms with Crippen molar-refractivity contribution < 1.29 is 29.4 Å². The zero-order valence-corrected chi connectivity index (χ0v) is 15.5. The van der Waals surface area contributed by atoms with Gasteiger partial charge in [0, 0.05) is 49.2 Å². The third-order valence-electron chi connectivity index (χ3n) is 3.68. The largest absolute Gasteiger partial charge is 0.476 e. The molecule has 0 aliphatic carbocycles. The summed E-state index contributed by atoms with van der Waals surface area (Å²) in [5.74, 6) is -2.60. The zero-order valence-electron chi connectivity index (χ0n) is 13.9. The highest BCUT2D eigenvalue weighted by Gasteiger charge is 2.27. The Kier molecular flexibility index (Phi) is 5.59. The molecule has 2 aromatic heterocycles. The van der Waals surface area contributed by atoms with E-state index >= 15 is 0 Å². The molecule has 1 aliphatic rings. The first-order valence-electron chi connectivity index (χ1n) is 7.60. The number of anilines is 2. The van der Waals surface area contributed by atoms with E-state index in [1.807, 2.05) is 0 Å². The summed E-state index contributed by atoms with van der Waals surface area (Å²) >= 11 is 1.50. The zero-order chi connectivity index (χ0) is 20.3. The standard InChI is InChI=1S/C12H12N8O6S2/c21-9(22)5-7(27-17-15-5)13-11(25)19-1-2-20(4-3-19)12(26)14-8-6(10(23)24)16-18-28-8/h1-4H2,(H,13,25)(H,14,26)(H,21,22)(H,23,24). The van der Waals surface area contributed by atoms with Crippen molar-refractivity contribution in [1.29, 1.82) is 0 Å². The number of nitrogens with one attached hydrogen (secondary N) is 2. The van der Waals surface area contributed by atoms with Crippen LogP contribution in [0.4, 0.5) is 19.6 Å². The van der Waals surface area contributed by atoms with Crippen molar-refractivity contribution in [3.8, 4) is 0 Å². The summed E-state index contributed by atoms with van der Waals surface area (Å²) in [6.07, 6.45) is 0. The molecule has 14 nitrogen and oxygen atoms in total. The van der Waals surface area contributed by atoms with Gasteiger partial charge in [0.2, 0.25) is 11.4 Å². The van der Waals surface area contributed by atoms with E-state index in [-0.39, 0.29) is 47.6 Å². The Morgan fingerprint density at radius 1 is 0.750 bits per heavy atom. The lowest BCUT2D eigenvalue weighted by atomic mass is 10.3. The van der Waals surface area contributed by atoms with Crippen molar-refractivity contribution in [3.05, 3.63) is 11.4 Å². The summed E-state index contributed by atoms with van der Waals surface area (Å²) in [5, 5.41) is 29.7. The number of hydrogen-bond acceptors (Lipinski definition) is 10. The van der Waals surface area contributed by atoms with E-state index in [1.165, 1.54) is 9.80 Å². The highest BCUT2D eigenvalue weighted by Crippen LogP contribution is 2.20. The summed E-state index contributed by atoms with van der Waals surface area (Å²) < 4.78 is 6.99. The summed E-state index contributed by atoms with van der Waals surface area (Å²) in [6.45, 7) is 0.780. The fraction of sp³-hybridized carbons (Fsp3) is 0.333. The van der Waals surface area contributed by atoms with Crippen LogP contribution in [0, 0.1) is 0 Å². The van der Waals surface area contributed by atoms with E-state index in [2.05, 4.69) is 29.8 Å². The quantitative estimate of drug-likeness (QED) is 0.522. The predicted molar refractivity (Wildman–Crippen MR) is 94.9 cm³/mol. The van der Waals surface area contributed by atoms with Gasteiger partial charge in [-0.25, -0.2) is 19.2 Å². The number of hydrogen-bond donors (Lipinski definition) is 4. The van der Waals surface area contributed by atoms with Crippen LogP contribution >= 0.6 is 23.1 Å². The Labute approximate surface area is 164 Å². The van der Waals surface area contributed by atoms with Crippen molar-refractivity contribution >= 4 is 57.1 Å². The Morgan fingerprint density at radius 2 is 1.11 bits per heavy atom. The second-order valence-electron chi connectivity index (χ2n) is 5.35. The molecule has 148 valence electrons. The number of aromatic nitrogens is 4. The average molecular weight is 428 g/mol. The van der Waals surface area contributed by atoms with E-state index in [0.717, 1.165) is 23.1 Å². The summed E-state index contributed by atoms with van der Waals surface area (Å²) in [7, 11) is 0. The van der Waals surface area contributed by atoms with Gasteiger partial charge >= 0.3 is 24.0 Å². The molecule has 3 heterocycles. The first kappa shape index (κ1) is 19.4. The van der Waals surface area contributed by atoms with E-state index in [0.29, 0.717) is 0 Å². The molecule has 0 aromatic carbocycles. The van der Waals surface area contributed by atoms with Gasteiger partial charge in [-0.15, -0.1) is 10.2 Å². The molecule has 3 rings (SSSR count). The van der Waals surface area contributed by atoms with Crippen LogP contribution in [-0.4, -0.2) is 89.4 Å². The molecule has 0 radical (unpaired) electrons. The Hall–Kier alpha value is -3.40. The van der Waals surface area contributed by atoms with Crippen LogP contribution in [0.3, 0.4) is 0 Å². The smallest absolute Gasteiger partial charge is 0.359 e. The first-order valence-corrected chi connectivity index (χ1v) is 9.14. The summed E-state index contributed by atoms with van der Waals surface area (Å²) in [5.41, 5.74) is -0.687. The third-order valence-corrected chi connectivity index (χ3v) is 4.96. The summed E-state index contributed by atoms with van der Waals surface area (Å²) in [6, 6.07) is -1.07. The normalized spacial score (nSPS) is 13.9. The Balaban J connectivity index is 1.53. The number of aromatic carboxylic acids is 2. The molecule has 0 atom stereocenters. The SMILES string of the molecule is O=C(O)c1nnsc1NC(=O)N1CCN(C(=O)Nc2snnc2C(=O)O)CC1. The van der Waals surface area contributed by atoms with E-state index in [9.17, 15) is 19.2 Å². The highest BCUT2D eigenvalue weighted by atomic mass is 32.1. The number of rotatable bonds is 4. The van der Waals surface area contributed by atoms with Crippen molar-refractivity contribution in [3.63, 3.8) is 0 Å². The van der Waals surface area contributed by atoms with E-state index in [4.69, 9.17) is 10.2 Å². The van der Waals surface area contributed by atoms with Gasteiger partial charge in [0.1, 0.15) is 0 Å². The lowest BCUT2D eigenvalue weighted by molar-refractivity contribution is 0.0680. The molecule has 4 N–H and O–H groups in total. The number of amides is 4. The second-order valence-corrected chi connectivity index (χ2v) is 6.85. The topological polar surface area (TPSA) is 191 Å². The molecule has 1 aliphatic heterocycles. The number of carboxylic acid groups (broad SMARTS) is 2. The van der Waals surface area contributed by atoms with Crippen LogP contribution in [0.15, 0.2) is 0 Å². The Bertz CT molecular complexity index is 847. The molecular weight excluding hydrogens is 416 g/mol. The predicted octanol–water partition coefficient (Wildman–Crippen LogP) is 0.168. The number of piperazine rings is 1. The van der Waals surface area contributed by atoms with Crippen LogP contribution in [-0.2, 0) is 0 Å². The van der Waals surface area contributed by atoms with Crippen LogP contribution in [0.2, 0.25) is 0 Å². The van der Waals surface area contributed by atoms with Crippen LogP contribution in [0.1, 0.15) is 21.0 Å². The molecule has 16 heteroatoms. The molecule has 0 saturated carbocycles. The lowest BCUT2D eigenvalue weighted by Crippen LogP contribution is -2.52. The van der Waals surface area contributed by atoms with Crippen molar-refractivity contribution in [1.82, 2.24) is 29.0 Å². The molecule has 28 heavy (non-hydrogen) atoms. The van der Waals surface area contributed by atoms with E-state index in [1.54, 1.807) is 0 Å². The third kappa shape index (κ3) is 4.12. The van der Waals surface area contributed by atoms with Gasteiger partial charge < -0.3 is 20.0 Å². The second kappa shape index (κ2) is 8.09. The maximum absolute atomic E-state index is 12.3. The number of urea groups is 2. The average Bonchev–Trinajstić information content (AvgIpc) is 3.31. The van der Waals surface area contributed by atoms with E-state index < -0.39 is 24.0 Å². The van der Waals surface area contributed by atoms with Crippen molar-refractivity contribution in [2.75, 3.05) is 36.8 Å². The minimum Gasteiger partial charge on any atom is -0.476 e.